The molecule has 0 aromatic carbocycles. The zero-order chi connectivity index (χ0) is 13.9. The number of aryl methyl sites for hydroxylation is 2. The molecule has 1 heterocycles. The second kappa shape index (κ2) is 6.10. The van der Waals surface area contributed by atoms with Crippen LogP contribution < -0.4 is 10.5 Å². The molecular weight excluding hydrogens is 288 g/mol. The Morgan fingerprint density at radius 1 is 1.56 bits per heavy atom. The van der Waals surface area contributed by atoms with Crippen molar-refractivity contribution in [1.82, 2.24) is 4.72 Å². The Morgan fingerprint density at radius 3 is 2.56 bits per heavy atom. The standard InChI is InChI=1S/C11H18N2O2S3/c1-4-10(11(12)16)18(14,15)13-6-9-5-7(2)8(3)17-9/h5,10,13H,4,6H2,1-3H3,(H2,12,16). The maximum atomic E-state index is 12.0. The second-order valence-electron chi connectivity index (χ2n) is 4.12. The smallest absolute Gasteiger partial charge is 0.221 e. The van der Waals surface area contributed by atoms with Crippen LogP contribution in [0.5, 0.6) is 0 Å². The van der Waals surface area contributed by atoms with E-state index >= 15 is 0 Å². The molecule has 0 radical (unpaired) electrons. The maximum absolute atomic E-state index is 12.0. The van der Waals surface area contributed by atoms with E-state index in [0.717, 1.165) is 4.88 Å². The highest BCUT2D eigenvalue weighted by molar-refractivity contribution is 7.93. The molecule has 0 saturated heterocycles. The number of thiophene rings is 1. The van der Waals surface area contributed by atoms with Crippen LogP contribution in [0.25, 0.3) is 0 Å². The van der Waals surface area contributed by atoms with Gasteiger partial charge in [-0.15, -0.1) is 11.3 Å². The van der Waals surface area contributed by atoms with Crippen molar-refractivity contribution in [3.63, 3.8) is 0 Å². The highest BCUT2D eigenvalue weighted by Gasteiger charge is 2.26. The Balaban J connectivity index is 2.75. The van der Waals surface area contributed by atoms with Gasteiger partial charge in [-0.2, -0.15) is 0 Å². The van der Waals surface area contributed by atoms with Crippen molar-refractivity contribution >= 4 is 38.6 Å². The third kappa shape index (κ3) is 3.74. The molecule has 1 aromatic rings. The van der Waals surface area contributed by atoms with E-state index in [4.69, 9.17) is 18.0 Å². The number of nitrogens with two attached hydrogens (primary N) is 1. The van der Waals surface area contributed by atoms with Crippen LogP contribution in [0.2, 0.25) is 0 Å². The molecule has 7 heteroatoms. The van der Waals surface area contributed by atoms with Crippen molar-refractivity contribution in [2.24, 2.45) is 5.73 Å². The molecule has 0 spiro atoms. The van der Waals surface area contributed by atoms with Crippen molar-refractivity contribution in [3.8, 4) is 0 Å². The molecule has 0 fully saturated rings. The summed E-state index contributed by atoms with van der Waals surface area (Å²) in [6.45, 7) is 6.07. The molecule has 1 aromatic heterocycles. The van der Waals surface area contributed by atoms with Crippen LogP contribution in [-0.4, -0.2) is 18.7 Å². The number of hydrogen-bond donors (Lipinski definition) is 2. The summed E-state index contributed by atoms with van der Waals surface area (Å²) in [6.07, 6.45) is 0.382. The van der Waals surface area contributed by atoms with Crippen LogP contribution >= 0.6 is 23.6 Å². The first-order valence-corrected chi connectivity index (χ1v) is 8.38. The zero-order valence-electron chi connectivity index (χ0n) is 10.7. The molecular formula is C11H18N2O2S3. The Morgan fingerprint density at radius 2 is 2.17 bits per heavy atom. The van der Waals surface area contributed by atoms with Gasteiger partial charge in [0.05, 0.1) is 4.99 Å². The van der Waals surface area contributed by atoms with Gasteiger partial charge in [0.2, 0.25) is 10.0 Å². The maximum Gasteiger partial charge on any atom is 0.221 e. The molecule has 1 unspecified atom stereocenters. The molecule has 3 N–H and O–H groups in total. The summed E-state index contributed by atoms with van der Waals surface area (Å²) in [5.74, 6) is 0. The SMILES string of the molecule is CCC(C(N)=S)S(=O)(=O)NCc1cc(C)c(C)s1. The van der Waals surface area contributed by atoms with E-state index in [2.05, 4.69) is 4.72 Å². The fourth-order valence-corrected chi connectivity index (χ4v) is 4.52. The molecule has 0 aliphatic carbocycles. The van der Waals surface area contributed by atoms with Crippen LogP contribution in [0.15, 0.2) is 6.07 Å². The molecule has 1 rings (SSSR count). The first-order chi connectivity index (χ1) is 8.27. The normalized spacial score (nSPS) is 13.5. The van der Waals surface area contributed by atoms with E-state index < -0.39 is 15.3 Å². The minimum Gasteiger partial charge on any atom is -0.392 e. The third-order valence-electron chi connectivity index (χ3n) is 2.73. The zero-order valence-corrected chi connectivity index (χ0v) is 13.1. The van der Waals surface area contributed by atoms with Gasteiger partial charge in [0.1, 0.15) is 5.25 Å². The molecule has 1 atom stereocenters. The van der Waals surface area contributed by atoms with Crippen LogP contribution in [0.1, 0.15) is 28.7 Å². The van der Waals surface area contributed by atoms with Gasteiger partial charge in [-0.1, -0.05) is 19.1 Å². The first kappa shape index (κ1) is 15.6. The molecule has 18 heavy (non-hydrogen) atoms. The fourth-order valence-electron chi connectivity index (χ4n) is 1.58. The predicted molar refractivity (Wildman–Crippen MR) is 80.4 cm³/mol. The lowest BCUT2D eigenvalue weighted by molar-refractivity contribution is 0.574. The molecule has 0 amide bonds. The lowest BCUT2D eigenvalue weighted by Gasteiger charge is -2.14. The summed E-state index contributed by atoms with van der Waals surface area (Å²) in [7, 11) is -3.48. The van der Waals surface area contributed by atoms with E-state index in [9.17, 15) is 8.42 Å². The summed E-state index contributed by atoms with van der Waals surface area (Å²) in [5.41, 5.74) is 6.62. The van der Waals surface area contributed by atoms with Crippen LogP contribution in [0, 0.1) is 13.8 Å². The van der Waals surface area contributed by atoms with Crippen LogP contribution in [-0.2, 0) is 16.6 Å². The van der Waals surface area contributed by atoms with Gasteiger partial charge in [-0.3, -0.25) is 0 Å². The Bertz CT molecular complexity index is 515. The number of nitrogens with one attached hydrogen (secondary N) is 1. The lowest BCUT2D eigenvalue weighted by Crippen LogP contribution is -2.41. The van der Waals surface area contributed by atoms with Crippen molar-refractivity contribution in [3.05, 3.63) is 21.4 Å². The van der Waals surface area contributed by atoms with E-state index in [1.807, 2.05) is 19.9 Å². The van der Waals surface area contributed by atoms with E-state index in [0.29, 0.717) is 13.0 Å². The average molecular weight is 306 g/mol. The van der Waals surface area contributed by atoms with Crippen molar-refractivity contribution < 1.29 is 8.42 Å². The second-order valence-corrected chi connectivity index (χ2v) is 7.88. The Kier molecular flexibility index (Phi) is 5.27. The highest BCUT2D eigenvalue weighted by Crippen LogP contribution is 2.20. The number of rotatable bonds is 6. The largest absolute Gasteiger partial charge is 0.392 e. The Labute approximate surface area is 118 Å². The summed E-state index contributed by atoms with van der Waals surface area (Å²) in [4.78, 5) is 2.21. The Hall–Kier alpha value is -0.500. The average Bonchev–Trinajstić information content (AvgIpc) is 2.56. The van der Waals surface area contributed by atoms with E-state index in [-0.39, 0.29) is 4.99 Å². The molecule has 4 nitrogen and oxygen atoms in total. The van der Waals surface area contributed by atoms with Gasteiger partial charge in [0, 0.05) is 16.3 Å². The van der Waals surface area contributed by atoms with Gasteiger partial charge in [0.25, 0.3) is 0 Å². The van der Waals surface area contributed by atoms with Gasteiger partial charge in [-0.05, 0) is 31.9 Å². The topological polar surface area (TPSA) is 72.2 Å². The summed E-state index contributed by atoms with van der Waals surface area (Å²) in [6, 6.07) is 1.99. The summed E-state index contributed by atoms with van der Waals surface area (Å²) in [5, 5.41) is -0.797. The van der Waals surface area contributed by atoms with Crippen molar-refractivity contribution in [1.29, 1.82) is 0 Å². The fraction of sp³-hybridized carbons (Fsp3) is 0.545. The van der Waals surface area contributed by atoms with E-state index in [1.54, 1.807) is 18.3 Å². The van der Waals surface area contributed by atoms with Crippen LogP contribution in [0.3, 0.4) is 0 Å². The quantitative estimate of drug-likeness (QED) is 0.787. The molecule has 0 aliphatic rings. The van der Waals surface area contributed by atoms with Crippen molar-refractivity contribution in [2.75, 3.05) is 0 Å². The number of sulfonamides is 1. The third-order valence-corrected chi connectivity index (χ3v) is 6.20. The lowest BCUT2D eigenvalue weighted by atomic mass is 10.3. The summed E-state index contributed by atoms with van der Waals surface area (Å²) >= 11 is 6.37. The van der Waals surface area contributed by atoms with Gasteiger partial charge >= 0.3 is 0 Å². The van der Waals surface area contributed by atoms with Gasteiger partial charge in [-0.25, -0.2) is 13.1 Å². The minimum absolute atomic E-state index is 0.0172. The van der Waals surface area contributed by atoms with Crippen LogP contribution in [0.4, 0.5) is 0 Å². The minimum atomic E-state index is -3.48. The molecule has 0 bridgehead atoms. The van der Waals surface area contributed by atoms with Crippen molar-refractivity contribution in [2.45, 2.75) is 39.0 Å². The number of hydrogen-bond acceptors (Lipinski definition) is 4. The first-order valence-electron chi connectivity index (χ1n) is 5.61. The molecule has 0 aliphatic heterocycles. The highest BCUT2D eigenvalue weighted by atomic mass is 32.2. The van der Waals surface area contributed by atoms with Gasteiger partial charge < -0.3 is 5.73 Å². The van der Waals surface area contributed by atoms with Gasteiger partial charge in [0.15, 0.2) is 0 Å². The molecule has 0 saturated carbocycles. The number of thiocarbonyl (C=S) groups is 1. The predicted octanol–water partition coefficient (Wildman–Crippen LogP) is 1.85. The molecule has 102 valence electrons. The monoisotopic (exact) mass is 306 g/mol. The summed E-state index contributed by atoms with van der Waals surface area (Å²) < 4.78 is 26.6. The van der Waals surface area contributed by atoms with E-state index in [1.165, 1.54) is 10.4 Å².